The van der Waals surface area contributed by atoms with E-state index in [9.17, 15) is 4.57 Å². The van der Waals surface area contributed by atoms with Crippen molar-refractivity contribution in [2.45, 2.75) is 0 Å². The Labute approximate surface area is 74.0 Å². The summed E-state index contributed by atoms with van der Waals surface area (Å²) in [4.78, 5) is 16.9. The van der Waals surface area contributed by atoms with Gasteiger partial charge in [0.25, 0.3) is 0 Å². The van der Waals surface area contributed by atoms with Gasteiger partial charge in [0, 0.05) is 0 Å². The Kier molecular flexibility index (Phi) is 2.75. The van der Waals surface area contributed by atoms with Gasteiger partial charge >= 0.3 is 7.82 Å². The van der Waals surface area contributed by atoms with Crippen molar-refractivity contribution in [1.82, 2.24) is 0 Å². The molecule has 6 heteroatoms. The van der Waals surface area contributed by atoms with Crippen molar-refractivity contribution in [2.75, 3.05) is 0 Å². The lowest BCUT2D eigenvalue weighted by atomic mass is 10.3. The van der Waals surface area contributed by atoms with Gasteiger partial charge in [0.05, 0.1) is 5.02 Å². The van der Waals surface area contributed by atoms with Crippen LogP contribution in [0.3, 0.4) is 0 Å². The lowest BCUT2D eigenvalue weighted by molar-refractivity contribution is 0.283. The van der Waals surface area contributed by atoms with Crippen LogP contribution in [0.15, 0.2) is 24.3 Å². The molecule has 0 aromatic heterocycles. The van der Waals surface area contributed by atoms with E-state index < -0.39 is 7.82 Å². The largest absolute Gasteiger partial charge is 0.524 e. The van der Waals surface area contributed by atoms with Crippen molar-refractivity contribution in [3.8, 4) is 5.75 Å². The minimum absolute atomic E-state index is 0.0208. The highest BCUT2D eigenvalue weighted by molar-refractivity contribution is 7.46. The summed E-state index contributed by atoms with van der Waals surface area (Å²) in [7, 11) is -4.50. The number of para-hydroxylation sites is 1. The Morgan fingerprint density at radius 3 is 2.42 bits per heavy atom. The summed E-state index contributed by atoms with van der Waals surface area (Å²) in [5.41, 5.74) is 0. The van der Waals surface area contributed by atoms with Gasteiger partial charge in [-0.1, -0.05) is 23.7 Å². The van der Waals surface area contributed by atoms with Crippen LogP contribution in [-0.4, -0.2) is 9.79 Å². The summed E-state index contributed by atoms with van der Waals surface area (Å²) in [5.74, 6) is -0.0208. The topological polar surface area (TPSA) is 66.8 Å². The molecule has 0 heterocycles. The van der Waals surface area contributed by atoms with Crippen molar-refractivity contribution >= 4 is 19.4 Å². The third kappa shape index (κ3) is 2.83. The van der Waals surface area contributed by atoms with Crippen LogP contribution in [0.1, 0.15) is 0 Å². The number of benzene rings is 1. The van der Waals surface area contributed by atoms with Crippen molar-refractivity contribution in [3.63, 3.8) is 0 Å². The van der Waals surface area contributed by atoms with E-state index in [0.29, 0.717) is 0 Å². The summed E-state index contributed by atoms with van der Waals surface area (Å²) >= 11 is 5.56. The van der Waals surface area contributed by atoms with E-state index in [4.69, 9.17) is 21.4 Å². The predicted octanol–water partition coefficient (Wildman–Crippen LogP) is 1.81. The van der Waals surface area contributed by atoms with Crippen LogP contribution in [0.5, 0.6) is 5.75 Å². The molecule has 0 saturated carbocycles. The van der Waals surface area contributed by atoms with Crippen molar-refractivity contribution in [2.24, 2.45) is 0 Å². The van der Waals surface area contributed by atoms with Gasteiger partial charge in [-0.15, -0.1) is 0 Å². The van der Waals surface area contributed by atoms with Gasteiger partial charge in [-0.3, -0.25) is 9.79 Å². The maximum atomic E-state index is 10.4. The molecule has 2 N–H and O–H groups in total. The SMILES string of the molecule is O=P(O)(O)Oc1ccccc1Cl. The van der Waals surface area contributed by atoms with Crippen molar-refractivity contribution in [3.05, 3.63) is 29.3 Å². The molecular formula is C6H6ClO4P. The monoisotopic (exact) mass is 208 g/mol. The second-order valence-corrected chi connectivity index (χ2v) is 3.58. The molecule has 0 aliphatic carbocycles. The van der Waals surface area contributed by atoms with Crippen molar-refractivity contribution in [1.29, 1.82) is 0 Å². The molecule has 1 aromatic carbocycles. The Morgan fingerprint density at radius 2 is 1.92 bits per heavy atom. The molecule has 0 unspecified atom stereocenters. The summed E-state index contributed by atoms with van der Waals surface area (Å²) in [5, 5.41) is 0.167. The fraction of sp³-hybridized carbons (Fsp3) is 0. The van der Waals surface area contributed by atoms with Crippen LogP contribution < -0.4 is 4.52 Å². The summed E-state index contributed by atoms with van der Waals surface area (Å²) in [6.45, 7) is 0. The first kappa shape index (κ1) is 9.55. The van der Waals surface area contributed by atoms with E-state index in [-0.39, 0.29) is 10.8 Å². The molecule has 0 spiro atoms. The van der Waals surface area contributed by atoms with E-state index in [0.717, 1.165) is 0 Å². The number of phosphoric ester groups is 1. The highest BCUT2D eigenvalue weighted by Crippen LogP contribution is 2.40. The van der Waals surface area contributed by atoms with Gasteiger partial charge in [-0.2, -0.15) is 0 Å². The van der Waals surface area contributed by atoms with E-state index >= 15 is 0 Å². The fourth-order valence-corrected chi connectivity index (χ4v) is 1.29. The number of hydrogen-bond donors (Lipinski definition) is 2. The minimum Gasteiger partial charge on any atom is -0.403 e. The standard InChI is InChI=1S/C6H6ClO4P/c7-5-3-1-2-4-6(5)11-12(8,9)10/h1-4H,(H2,8,9,10). The molecule has 0 bridgehead atoms. The molecule has 1 aromatic rings. The summed E-state index contributed by atoms with van der Waals surface area (Å²) < 4.78 is 14.6. The smallest absolute Gasteiger partial charge is 0.403 e. The summed E-state index contributed by atoms with van der Waals surface area (Å²) in [6, 6.07) is 6.06. The van der Waals surface area contributed by atoms with Gasteiger partial charge in [-0.05, 0) is 12.1 Å². The zero-order valence-electron chi connectivity index (χ0n) is 5.85. The third-order valence-corrected chi connectivity index (χ3v) is 1.80. The first-order chi connectivity index (χ1) is 5.49. The molecule has 0 atom stereocenters. The maximum absolute atomic E-state index is 10.4. The lowest BCUT2D eigenvalue weighted by Crippen LogP contribution is -1.90. The Bertz CT molecular complexity index is 321. The predicted molar refractivity (Wildman–Crippen MR) is 44.1 cm³/mol. The molecule has 66 valence electrons. The quantitative estimate of drug-likeness (QED) is 0.728. The maximum Gasteiger partial charge on any atom is 0.524 e. The average Bonchev–Trinajstić information content (AvgIpc) is 1.91. The molecule has 0 aliphatic rings. The van der Waals surface area contributed by atoms with Gasteiger partial charge in [0.2, 0.25) is 0 Å². The van der Waals surface area contributed by atoms with E-state index in [1.807, 2.05) is 0 Å². The normalized spacial score (nSPS) is 11.2. The fourth-order valence-electron chi connectivity index (χ4n) is 0.647. The lowest BCUT2D eigenvalue weighted by Gasteiger charge is -2.06. The highest BCUT2D eigenvalue weighted by atomic mass is 35.5. The molecule has 1 rings (SSSR count). The second-order valence-electron chi connectivity index (χ2n) is 2.01. The second kappa shape index (κ2) is 3.46. The van der Waals surface area contributed by atoms with Crippen LogP contribution in [0.4, 0.5) is 0 Å². The van der Waals surface area contributed by atoms with Gasteiger partial charge in [0.15, 0.2) is 0 Å². The van der Waals surface area contributed by atoms with E-state index in [1.165, 1.54) is 12.1 Å². The Hall–Kier alpha value is -0.540. The van der Waals surface area contributed by atoms with Gasteiger partial charge in [0.1, 0.15) is 5.75 Å². The Morgan fingerprint density at radius 1 is 1.33 bits per heavy atom. The number of hydrogen-bond acceptors (Lipinski definition) is 2. The average molecular weight is 209 g/mol. The first-order valence-corrected chi connectivity index (χ1v) is 4.89. The number of halogens is 1. The van der Waals surface area contributed by atoms with Crippen LogP contribution >= 0.6 is 19.4 Å². The van der Waals surface area contributed by atoms with Crippen molar-refractivity contribution < 1.29 is 18.9 Å². The zero-order valence-corrected chi connectivity index (χ0v) is 7.50. The number of rotatable bonds is 2. The molecule has 0 saturated heterocycles. The molecule has 0 aliphatic heterocycles. The summed E-state index contributed by atoms with van der Waals surface area (Å²) in [6.07, 6.45) is 0. The van der Waals surface area contributed by atoms with E-state index in [1.54, 1.807) is 12.1 Å². The molecule has 4 nitrogen and oxygen atoms in total. The highest BCUT2D eigenvalue weighted by Gasteiger charge is 2.17. The molecule has 12 heavy (non-hydrogen) atoms. The first-order valence-electron chi connectivity index (χ1n) is 2.99. The zero-order chi connectivity index (χ0) is 9.19. The third-order valence-electron chi connectivity index (χ3n) is 1.05. The van der Waals surface area contributed by atoms with Gasteiger partial charge < -0.3 is 4.52 Å². The minimum atomic E-state index is -4.50. The van der Waals surface area contributed by atoms with Crippen LogP contribution in [0.2, 0.25) is 5.02 Å². The molecular weight excluding hydrogens is 202 g/mol. The molecule has 0 amide bonds. The van der Waals surface area contributed by atoms with Crippen LogP contribution in [0.25, 0.3) is 0 Å². The number of phosphoric acid groups is 1. The Balaban J connectivity index is 2.90. The van der Waals surface area contributed by atoms with Crippen LogP contribution in [-0.2, 0) is 4.57 Å². The molecule has 0 radical (unpaired) electrons. The van der Waals surface area contributed by atoms with E-state index in [2.05, 4.69) is 4.52 Å². The molecule has 0 fully saturated rings. The van der Waals surface area contributed by atoms with Crippen LogP contribution in [0, 0.1) is 0 Å². The van der Waals surface area contributed by atoms with Gasteiger partial charge in [-0.25, -0.2) is 4.57 Å².